The van der Waals surface area contributed by atoms with Gasteiger partial charge in [0.2, 0.25) is 0 Å². The summed E-state index contributed by atoms with van der Waals surface area (Å²) >= 11 is 1.61. The fourth-order valence-corrected chi connectivity index (χ4v) is 4.78. The monoisotopic (exact) mass is 397 g/mol. The summed E-state index contributed by atoms with van der Waals surface area (Å²) < 4.78 is 32.3. The van der Waals surface area contributed by atoms with Crippen LogP contribution < -0.4 is 34.5 Å². The second-order valence-electron chi connectivity index (χ2n) is 5.99. The zero-order chi connectivity index (χ0) is 18.0. The van der Waals surface area contributed by atoms with Crippen LogP contribution >= 0.6 is 11.8 Å². The number of nitrogens with zero attached hydrogens (tertiary/aromatic N) is 1. The first-order valence-electron chi connectivity index (χ1n) is 8.08. The van der Waals surface area contributed by atoms with Gasteiger partial charge >= 0.3 is 29.6 Å². The minimum atomic E-state index is -4.14. The first-order chi connectivity index (χ1) is 11.9. The predicted octanol–water partition coefficient (Wildman–Crippen LogP) is 1.22. The van der Waals surface area contributed by atoms with Crippen LogP contribution in [0.1, 0.15) is 24.5 Å². The predicted molar refractivity (Wildman–Crippen MR) is 104 cm³/mol. The van der Waals surface area contributed by atoms with Crippen LogP contribution in [0.3, 0.4) is 0 Å². The SMILES string of the molecule is CC(SCCCS(=O)(=O)[O-])=C1c2ccccc2N(C)c2ccccc21.[Na+]. The molecule has 1 aliphatic rings. The summed E-state index contributed by atoms with van der Waals surface area (Å²) in [5.74, 6) is 0.301. The number of para-hydroxylation sites is 2. The van der Waals surface area contributed by atoms with Crippen molar-refractivity contribution in [3.8, 4) is 0 Å². The second kappa shape index (κ2) is 8.95. The third kappa shape index (κ3) is 4.74. The van der Waals surface area contributed by atoms with Crippen LogP contribution in [-0.2, 0) is 10.1 Å². The molecule has 0 saturated heterocycles. The maximum Gasteiger partial charge on any atom is 1.00 e. The molecule has 0 aliphatic carbocycles. The number of hydrogen-bond acceptors (Lipinski definition) is 5. The van der Waals surface area contributed by atoms with Crippen molar-refractivity contribution in [3.63, 3.8) is 0 Å². The zero-order valence-corrected chi connectivity index (χ0v) is 18.9. The van der Waals surface area contributed by atoms with Crippen LogP contribution in [0.2, 0.25) is 0 Å². The van der Waals surface area contributed by atoms with Gasteiger partial charge in [-0.2, -0.15) is 0 Å². The number of allylic oxidation sites excluding steroid dienone is 1. The molecule has 132 valence electrons. The molecule has 2 aromatic carbocycles. The Kier molecular flexibility index (Phi) is 7.42. The summed E-state index contributed by atoms with van der Waals surface area (Å²) in [5.41, 5.74) is 5.83. The molecule has 0 bridgehead atoms. The Morgan fingerprint density at radius 3 is 2.04 bits per heavy atom. The van der Waals surface area contributed by atoms with Crippen molar-refractivity contribution in [2.75, 3.05) is 23.5 Å². The molecule has 2 aromatic rings. The first kappa shape index (κ1) is 21.5. The van der Waals surface area contributed by atoms with E-state index in [2.05, 4.69) is 43.1 Å². The molecule has 0 fully saturated rings. The van der Waals surface area contributed by atoms with Crippen molar-refractivity contribution in [3.05, 3.63) is 64.6 Å². The molecule has 1 aliphatic heterocycles. The van der Waals surface area contributed by atoms with Gasteiger partial charge in [-0.3, -0.25) is 0 Å². The Hall–Kier alpha value is -0.760. The summed E-state index contributed by atoms with van der Waals surface area (Å²) in [6, 6.07) is 16.6. The first-order valence-corrected chi connectivity index (χ1v) is 10.6. The molecule has 0 spiro atoms. The van der Waals surface area contributed by atoms with Gasteiger partial charge in [0, 0.05) is 40.9 Å². The number of thioether (sulfide) groups is 1. The van der Waals surface area contributed by atoms with E-state index in [0.29, 0.717) is 12.2 Å². The molecular weight excluding hydrogens is 377 g/mol. The van der Waals surface area contributed by atoms with E-state index in [-0.39, 0.29) is 35.3 Å². The Morgan fingerprint density at radius 1 is 1.04 bits per heavy atom. The summed E-state index contributed by atoms with van der Waals surface area (Å²) in [5, 5.41) is 0. The van der Waals surface area contributed by atoms with Crippen molar-refractivity contribution in [2.24, 2.45) is 0 Å². The Morgan fingerprint density at radius 2 is 1.54 bits per heavy atom. The van der Waals surface area contributed by atoms with Crippen molar-refractivity contribution in [2.45, 2.75) is 13.3 Å². The molecule has 0 atom stereocenters. The van der Waals surface area contributed by atoms with Gasteiger partial charge in [-0.15, -0.1) is 11.8 Å². The van der Waals surface area contributed by atoms with E-state index in [0.717, 1.165) is 16.3 Å². The van der Waals surface area contributed by atoms with Gasteiger partial charge in [0.15, 0.2) is 0 Å². The van der Waals surface area contributed by atoms with E-state index in [1.807, 2.05) is 24.3 Å². The Balaban J connectivity index is 0.00000243. The van der Waals surface area contributed by atoms with Crippen LogP contribution in [0.5, 0.6) is 0 Å². The maximum absolute atomic E-state index is 10.8. The fourth-order valence-electron chi connectivity index (χ4n) is 3.14. The van der Waals surface area contributed by atoms with Crippen molar-refractivity contribution in [1.29, 1.82) is 0 Å². The van der Waals surface area contributed by atoms with Crippen LogP contribution in [0.4, 0.5) is 11.4 Å². The van der Waals surface area contributed by atoms with Gasteiger partial charge < -0.3 is 9.45 Å². The van der Waals surface area contributed by atoms with E-state index in [4.69, 9.17) is 0 Å². The number of fused-ring (bicyclic) bond motifs is 2. The van der Waals surface area contributed by atoms with Crippen LogP contribution in [0.15, 0.2) is 53.4 Å². The molecular formula is C19H20NNaO3S2. The molecule has 0 aromatic heterocycles. The van der Waals surface area contributed by atoms with Crippen molar-refractivity contribution in [1.82, 2.24) is 0 Å². The zero-order valence-electron chi connectivity index (χ0n) is 15.2. The van der Waals surface area contributed by atoms with E-state index >= 15 is 0 Å². The van der Waals surface area contributed by atoms with Gasteiger partial charge in [0.1, 0.15) is 0 Å². The van der Waals surface area contributed by atoms with E-state index in [9.17, 15) is 13.0 Å². The second-order valence-corrected chi connectivity index (χ2v) is 8.82. The quantitative estimate of drug-likeness (QED) is 0.431. The van der Waals surface area contributed by atoms with Crippen molar-refractivity contribution >= 4 is 38.8 Å². The fraction of sp³-hybridized carbons (Fsp3) is 0.263. The average molecular weight is 397 g/mol. The third-order valence-corrected chi connectivity index (χ3v) is 6.20. The topological polar surface area (TPSA) is 60.4 Å². The molecule has 4 nitrogen and oxygen atoms in total. The van der Waals surface area contributed by atoms with E-state index in [1.54, 1.807) is 11.8 Å². The largest absolute Gasteiger partial charge is 1.00 e. The average Bonchev–Trinajstić information content (AvgIpc) is 2.58. The summed E-state index contributed by atoms with van der Waals surface area (Å²) in [6.45, 7) is 2.06. The molecule has 0 unspecified atom stereocenters. The smallest absolute Gasteiger partial charge is 0.748 e. The minimum absolute atomic E-state index is 0. The molecule has 0 radical (unpaired) electrons. The van der Waals surface area contributed by atoms with Crippen LogP contribution in [-0.4, -0.2) is 31.5 Å². The normalized spacial score (nSPS) is 12.9. The van der Waals surface area contributed by atoms with E-state index < -0.39 is 10.1 Å². The van der Waals surface area contributed by atoms with Gasteiger partial charge in [-0.25, -0.2) is 8.42 Å². The molecule has 1 heterocycles. The molecule has 7 heteroatoms. The molecule has 0 saturated carbocycles. The molecule has 3 rings (SSSR count). The van der Waals surface area contributed by atoms with Crippen LogP contribution in [0.25, 0.3) is 5.57 Å². The summed E-state index contributed by atoms with van der Waals surface area (Å²) in [7, 11) is -2.07. The van der Waals surface area contributed by atoms with Gasteiger partial charge in [0.05, 0.1) is 10.1 Å². The minimum Gasteiger partial charge on any atom is -0.748 e. The standard InChI is InChI=1S/C19H21NO3S2.Na/c1-14(24-12-7-13-25(21,22)23)19-15-8-3-5-10-17(15)20(2)18-11-6-4-9-16(18)19;/h3-6,8-11H,7,12-13H2,1-2H3,(H,21,22,23);/q;+1/p-1. The third-order valence-electron chi connectivity index (χ3n) is 4.28. The molecule has 26 heavy (non-hydrogen) atoms. The molecule has 0 N–H and O–H groups in total. The Labute approximate surface area is 181 Å². The van der Waals surface area contributed by atoms with Crippen LogP contribution in [0, 0.1) is 0 Å². The number of rotatable bonds is 5. The summed E-state index contributed by atoms with van der Waals surface area (Å²) in [6.07, 6.45) is 0.365. The Bertz CT molecular complexity index is 876. The van der Waals surface area contributed by atoms with Gasteiger partial charge in [-0.05, 0) is 36.1 Å². The number of hydrogen-bond donors (Lipinski definition) is 0. The summed E-state index contributed by atoms with van der Waals surface area (Å²) in [4.78, 5) is 3.33. The van der Waals surface area contributed by atoms with E-state index in [1.165, 1.54) is 16.7 Å². The molecule has 0 amide bonds. The van der Waals surface area contributed by atoms with Crippen molar-refractivity contribution < 1.29 is 42.5 Å². The van der Waals surface area contributed by atoms with Gasteiger partial charge in [0.25, 0.3) is 0 Å². The van der Waals surface area contributed by atoms with Gasteiger partial charge in [-0.1, -0.05) is 36.4 Å². The number of anilines is 2. The number of benzene rings is 2. The maximum atomic E-state index is 10.8.